The largest absolute Gasteiger partial charge is 0.396 e. The van der Waals surface area contributed by atoms with Gasteiger partial charge in [0.05, 0.1) is 0 Å². The number of aryl methyl sites for hydroxylation is 1. The van der Waals surface area contributed by atoms with Crippen LogP contribution in [0.3, 0.4) is 0 Å². The van der Waals surface area contributed by atoms with Gasteiger partial charge in [-0.25, -0.2) is 9.18 Å². The summed E-state index contributed by atoms with van der Waals surface area (Å²) in [4.78, 5) is 11.2. The lowest BCUT2D eigenvalue weighted by molar-refractivity contribution is 0.152. The number of hydrogen-bond donors (Lipinski definition) is 1. The summed E-state index contributed by atoms with van der Waals surface area (Å²) < 4.78 is 15.1. The molecule has 0 saturated carbocycles. The highest BCUT2D eigenvalue weighted by atomic mass is 19.1. The summed E-state index contributed by atoms with van der Waals surface area (Å²) in [5.41, 5.74) is -0.501. The van der Waals surface area contributed by atoms with Gasteiger partial charge in [0.15, 0.2) is 6.30 Å². The quantitative estimate of drug-likeness (QED) is 0.712. The Kier molecular flexibility index (Phi) is 2.82. The molecular weight excluding hydrogens is 177 g/mol. The van der Waals surface area contributed by atoms with E-state index in [2.05, 4.69) is 5.10 Å². The Morgan fingerprint density at radius 3 is 2.69 bits per heavy atom. The van der Waals surface area contributed by atoms with E-state index in [-0.39, 0.29) is 13.0 Å². The van der Waals surface area contributed by atoms with E-state index in [9.17, 15) is 9.18 Å². The zero-order valence-electron chi connectivity index (χ0n) is 7.57. The molecule has 0 amide bonds. The summed E-state index contributed by atoms with van der Waals surface area (Å²) in [5, 5.41) is 12.2. The SMILES string of the molecule is Cc1nn([C@H](F)CCO)c(=O)n1C. The summed E-state index contributed by atoms with van der Waals surface area (Å²) in [6.07, 6.45) is -1.66. The van der Waals surface area contributed by atoms with Crippen molar-refractivity contribution in [1.29, 1.82) is 0 Å². The van der Waals surface area contributed by atoms with E-state index in [1.807, 2.05) is 0 Å². The average Bonchev–Trinajstić information content (AvgIpc) is 2.33. The van der Waals surface area contributed by atoms with Crippen LogP contribution in [0, 0.1) is 6.92 Å². The van der Waals surface area contributed by atoms with Crippen LogP contribution in [0.4, 0.5) is 4.39 Å². The van der Waals surface area contributed by atoms with Crippen LogP contribution < -0.4 is 5.69 Å². The highest BCUT2D eigenvalue weighted by molar-refractivity contribution is 4.82. The molecule has 1 rings (SSSR count). The van der Waals surface area contributed by atoms with Crippen molar-refractivity contribution in [3.05, 3.63) is 16.3 Å². The Morgan fingerprint density at radius 2 is 2.31 bits per heavy atom. The molecule has 0 unspecified atom stereocenters. The van der Waals surface area contributed by atoms with Crippen LogP contribution in [0.25, 0.3) is 0 Å². The predicted octanol–water partition coefficient (Wildman–Crippen LogP) is -0.259. The molecule has 5 nitrogen and oxygen atoms in total. The van der Waals surface area contributed by atoms with Crippen LogP contribution >= 0.6 is 0 Å². The van der Waals surface area contributed by atoms with Crippen molar-refractivity contribution >= 4 is 0 Å². The van der Waals surface area contributed by atoms with E-state index >= 15 is 0 Å². The zero-order chi connectivity index (χ0) is 10.0. The minimum absolute atomic E-state index is 0.115. The van der Waals surface area contributed by atoms with Gasteiger partial charge in [0, 0.05) is 20.1 Å². The molecule has 0 fully saturated rings. The van der Waals surface area contributed by atoms with Gasteiger partial charge in [0.25, 0.3) is 0 Å². The van der Waals surface area contributed by atoms with Gasteiger partial charge >= 0.3 is 5.69 Å². The molecule has 1 heterocycles. The lowest BCUT2D eigenvalue weighted by atomic mass is 10.4. The van der Waals surface area contributed by atoms with Gasteiger partial charge in [-0.3, -0.25) is 4.57 Å². The van der Waals surface area contributed by atoms with Gasteiger partial charge in [-0.2, -0.15) is 9.78 Å². The Hall–Kier alpha value is -1.17. The monoisotopic (exact) mass is 189 g/mol. The smallest absolute Gasteiger partial charge is 0.348 e. The van der Waals surface area contributed by atoms with Gasteiger partial charge in [0.2, 0.25) is 0 Å². The molecule has 13 heavy (non-hydrogen) atoms. The molecule has 0 saturated heterocycles. The summed E-state index contributed by atoms with van der Waals surface area (Å²) in [6.45, 7) is 1.31. The normalized spacial score (nSPS) is 13.2. The molecule has 1 N–H and O–H groups in total. The number of aliphatic hydroxyl groups excluding tert-OH is 1. The van der Waals surface area contributed by atoms with E-state index < -0.39 is 12.0 Å². The lowest BCUT2D eigenvalue weighted by Gasteiger charge is -2.03. The van der Waals surface area contributed by atoms with Crippen molar-refractivity contribution in [3.63, 3.8) is 0 Å². The van der Waals surface area contributed by atoms with Gasteiger partial charge in [-0.15, -0.1) is 0 Å². The Morgan fingerprint density at radius 1 is 1.69 bits per heavy atom. The van der Waals surface area contributed by atoms with Crippen LogP contribution in [0.15, 0.2) is 4.79 Å². The second-order valence-corrected chi connectivity index (χ2v) is 2.78. The van der Waals surface area contributed by atoms with Crippen molar-refractivity contribution in [2.75, 3.05) is 6.61 Å². The number of aliphatic hydroxyl groups is 1. The molecule has 0 aliphatic rings. The predicted molar refractivity (Wildman–Crippen MR) is 44.1 cm³/mol. The minimum Gasteiger partial charge on any atom is -0.396 e. The first-order valence-corrected chi connectivity index (χ1v) is 3.95. The molecule has 1 aromatic heterocycles. The van der Waals surface area contributed by atoms with Gasteiger partial charge in [-0.05, 0) is 6.92 Å². The van der Waals surface area contributed by atoms with Crippen molar-refractivity contribution in [3.8, 4) is 0 Å². The van der Waals surface area contributed by atoms with Gasteiger partial charge in [-0.1, -0.05) is 0 Å². The topological polar surface area (TPSA) is 60.0 Å². The third-order valence-electron chi connectivity index (χ3n) is 1.85. The summed E-state index contributed by atoms with van der Waals surface area (Å²) in [6, 6.07) is 0. The molecule has 1 aromatic rings. The van der Waals surface area contributed by atoms with Crippen LogP contribution in [0.2, 0.25) is 0 Å². The number of nitrogens with zero attached hydrogens (tertiary/aromatic N) is 3. The van der Waals surface area contributed by atoms with Crippen molar-refractivity contribution in [2.45, 2.75) is 19.6 Å². The zero-order valence-corrected chi connectivity index (χ0v) is 7.57. The van der Waals surface area contributed by atoms with Crippen molar-refractivity contribution < 1.29 is 9.50 Å². The van der Waals surface area contributed by atoms with Crippen molar-refractivity contribution in [2.24, 2.45) is 7.05 Å². The second-order valence-electron chi connectivity index (χ2n) is 2.78. The molecule has 0 aromatic carbocycles. The maximum absolute atomic E-state index is 13.1. The van der Waals surface area contributed by atoms with E-state index in [0.717, 1.165) is 4.68 Å². The van der Waals surface area contributed by atoms with E-state index in [1.165, 1.54) is 11.6 Å². The minimum atomic E-state index is -1.54. The average molecular weight is 189 g/mol. The van der Waals surface area contributed by atoms with Crippen LogP contribution in [-0.2, 0) is 7.05 Å². The fourth-order valence-electron chi connectivity index (χ4n) is 0.969. The molecule has 6 heteroatoms. The number of alkyl halides is 1. The lowest BCUT2D eigenvalue weighted by Crippen LogP contribution is -2.25. The first-order valence-electron chi connectivity index (χ1n) is 3.95. The maximum Gasteiger partial charge on any atom is 0.348 e. The summed E-state index contributed by atoms with van der Waals surface area (Å²) in [7, 11) is 1.52. The highest BCUT2D eigenvalue weighted by Gasteiger charge is 2.15. The first kappa shape index (κ1) is 9.91. The Balaban J connectivity index is 3.02. The summed E-state index contributed by atoms with van der Waals surface area (Å²) >= 11 is 0. The number of rotatable bonds is 3. The second kappa shape index (κ2) is 3.69. The van der Waals surface area contributed by atoms with Crippen LogP contribution in [0.5, 0.6) is 0 Å². The fraction of sp³-hybridized carbons (Fsp3) is 0.714. The van der Waals surface area contributed by atoms with E-state index in [0.29, 0.717) is 5.82 Å². The number of halogens is 1. The van der Waals surface area contributed by atoms with Crippen molar-refractivity contribution in [1.82, 2.24) is 14.3 Å². The molecular formula is C7H12FN3O2. The van der Waals surface area contributed by atoms with Crippen LogP contribution in [-0.4, -0.2) is 26.1 Å². The molecule has 0 spiro atoms. The maximum atomic E-state index is 13.1. The Bertz CT molecular complexity index is 344. The van der Waals surface area contributed by atoms with Crippen LogP contribution in [0.1, 0.15) is 18.5 Å². The highest BCUT2D eigenvalue weighted by Crippen LogP contribution is 2.08. The third-order valence-corrected chi connectivity index (χ3v) is 1.85. The van der Waals surface area contributed by atoms with Gasteiger partial charge in [0.1, 0.15) is 5.82 Å². The molecule has 74 valence electrons. The number of aromatic nitrogens is 3. The molecule has 1 atom stereocenters. The van der Waals surface area contributed by atoms with E-state index in [1.54, 1.807) is 6.92 Å². The first-order chi connectivity index (χ1) is 6.07. The standard InChI is InChI=1S/C7H12FN3O2/c1-5-9-11(6(8)3-4-12)7(13)10(5)2/h6,12H,3-4H2,1-2H3/t6-/m0/s1. The third kappa shape index (κ3) is 1.77. The molecule has 0 bridgehead atoms. The summed E-state index contributed by atoms with van der Waals surface area (Å²) in [5.74, 6) is 0.450. The Labute approximate surface area is 74.4 Å². The molecule has 0 aliphatic carbocycles. The molecule has 0 aliphatic heterocycles. The van der Waals surface area contributed by atoms with Gasteiger partial charge < -0.3 is 5.11 Å². The number of hydrogen-bond acceptors (Lipinski definition) is 3. The molecule has 0 radical (unpaired) electrons. The fourth-order valence-corrected chi connectivity index (χ4v) is 0.969. The van der Waals surface area contributed by atoms with E-state index in [4.69, 9.17) is 5.11 Å².